The SMILES string of the molecule is C[C@@H]1CCC[C@H]1OC[C@@H](O)CN1CCCCC1. The van der Waals surface area contributed by atoms with E-state index in [0.29, 0.717) is 18.6 Å². The van der Waals surface area contributed by atoms with Crippen LogP contribution < -0.4 is 0 Å². The highest BCUT2D eigenvalue weighted by molar-refractivity contribution is 4.75. The van der Waals surface area contributed by atoms with E-state index in [9.17, 15) is 5.11 Å². The van der Waals surface area contributed by atoms with E-state index in [0.717, 1.165) is 19.6 Å². The van der Waals surface area contributed by atoms with Gasteiger partial charge in [0.2, 0.25) is 0 Å². The third-order valence-corrected chi connectivity index (χ3v) is 4.20. The van der Waals surface area contributed by atoms with Gasteiger partial charge >= 0.3 is 0 Å². The summed E-state index contributed by atoms with van der Waals surface area (Å²) in [4.78, 5) is 2.37. The summed E-state index contributed by atoms with van der Waals surface area (Å²) >= 11 is 0. The lowest BCUT2D eigenvalue weighted by Gasteiger charge is -2.29. The summed E-state index contributed by atoms with van der Waals surface area (Å²) in [6, 6.07) is 0. The lowest BCUT2D eigenvalue weighted by molar-refractivity contribution is -0.0331. The first-order valence-corrected chi connectivity index (χ1v) is 7.27. The van der Waals surface area contributed by atoms with Gasteiger partial charge < -0.3 is 14.7 Å². The van der Waals surface area contributed by atoms with Gasteiger partial charge in [-0.05, 0) is 44.7 Å². The van der Waals surface area contributed by atoms with E-state index in [1.165, 1.54) is 38.5 Å². The third-order valence-electron chi connectivity index (χ3n) is 4.20. The molecule has 100 valence electrons. The minimum atomic E-state index is -0.305. The van der Waals surface area contributed by atoms with Gasteiger partial charge in [-0.25, -0.2) is 0 Å². The number of hydrogen-bond acceptors (Lipinski definition) is 3. The molecule has 2 fully saturated rings. The highest BCUT2D eigenvalue weighted by atomic mass is 16.5. The van der Waals surface area contributed by atoms with Gasteiger partial charge in [-0.15, -0.1) is 0 Å². The molecule has 2 aliphatic rings. The molecule has 3 nitrogen and oxygen atoms in total. The molecule has 3 heteroatoms. The molecule has 0 amide bonds. The molecule has 2 rings (SSSR count). The average Bonchev–Trinajstić information content (AvgIpc) is 2.74. The largest absolute Gasteiger partial charge is 0.389 e. The van der Waals surface area contributed by atoms with Crippen LogP contribution in [0.4, 0.5) is 0 Å². The number of ether oxygens (including phenoxy) is 1. The van der Waals surface area contributed by atoms with Crippen LogP contribution in [0.25, 0.3) is 0 Å². The van der Waals surface area contributed by atoms with Crippen LogP contribution in [0.3, 0.4) is 0 Å². The number of piperidine rings is 1. The normalized spacial score (nSPS) is 32.8. The Kier molecular flexibility index (Phi) is 5.26. The summed E-state index contributed by atoms with van der Waals surface area (Å²) in [7, 11) is 0. The Balaban J connectivity index is 1.61. The standard InChI is InChI=1S/C14H27NO2/c1-12-6-5-7-14(12)17-11-13(16)10-15-8-3-2-4-9-15/h12-14,16H,2-11H2,1H3/t12-,13+,14-/m1/s1. The van der Waals surface area contributed by atoms with Gasteiger partial charge in [0.25, 0.3) is 0 Å². The smallest absolute Gasteiger partial charge is 0.0900 e. The topological polar surface area (TPSA) is 32.7 Å². The highest BCUT2D eigenvalue weighted by Gasteiger charge is 2.25. The van der Waals surface area contributed by atoms with Crippen LogP contribution in [0.5, 0.6) is 0 Å². The van der Waals surface area contributed by atoms with Crippen molar-refractivity contribution in [3.63, 3.8) is 0 Å². The van der Waals surface area contributed by atoms with Gasteiger partial charge in [0, 0.05) is 6.54 Å². The molecule has 1 saturated carbocycles. The molecule has 0 aromatic carbocycles. The minimum Gasteiger partial charge on any atom is -0.389 e. The lowest BCUT2D eigenvalue weighted by Crippen LogP contribution is -2.38. The molecule has 1 heterocycles. The van der Waals surface area contributed by atoms with Gasteiger partial charge in [-0.2, -0.15) is 0 Å². The summed E-state index contributed by atoms with van der Waals surface area (Å²) < 4.78 is 5.84. The van der Waals surface area contributed by atoms with E-state index in [1.807, 2.05) is 0 Å². The molecule has 1 N–H and O–H groups in total. The zero-order valence-electron chi connectivity index (χ0n) is 11.1. The first-order valence-electron chi connectivity index (χ1n) is 7.27. The van der Waals surface area contributed by atoms with Gasteiger partial charge in [0.05, 0.1) is 18.8 Å². The van der Waals surface area contributed by atoms with Crippen LogP contribution in [0, 0.1) is 5.92 Å². The van der Waals surface area contributed by atoms with Crippen molar-refractivity contribution >= 4 is 0 Å². The van der Waals surface area contributed by atoms with Crippen molar-refractivity contribution in [1.29, 1.82) is 0 Å². The summed E-state index contributed by atoms with van der Waals surface area (Å²) in [5.74, 6) is 0.678. The van der Waals surface area contributed by atoms with Crippen molar-refractivity contribution in [2.45, 2.75) is 57.7 Å². The Bertz CT molecular complexity index is 216. The van der Waals surface area contributed by atoms with E-state index in [4.69, 9.17) is 4.74 Å². The summed E-state index contributed by atoms with van der Waals surface area (Å²) in [6.07, 6.45) is 7.76. The number of aliphatic hydroxyl groups is 1. The van der Waals surface area contributed by atoms with Crippen molar-refractivity contribution in [3.8, 4) is 0 Å². The number of hydrogen-bond donors (Lipinski definition) is 1. The summed E-state index contributed by atoms with van der Waals surface area (Å²) in [6.45, 7) is 5.87. The maximum atomic E-state index is 9.98. The molecule has 0 bridgehead atoms. The second-order valence-electron chi connectivity index (χ2n) is 5.80. The molecule has 0 radical (unpaired) electrons. The van der Waals surface area contributed by atoms with Crippen molar-refractivity contribution in [2.24, 2.45) is 5.92 Å². The van der Waals surface area contributed by atoms with Crippen molar-refractivity contribution < 1.29 is 9.84 Å². The Labute approximate surface area is 105 Å². The first kappa shape index (κ1) is 13.3. The van der Waals surface area contributed by atoms with Crippen LogP contribution >= 0.6 is 0 Å². The minimum absolute atomic E-state index is 0.305. The zero-order chi connectivity index (χ0) is 12.1. The second kappa shape index (κ2) is 6.72. The maximum absolute atomic E-state index is 9.98. The van der Waals surface area contributed by atoms with Crippen LogP contribution in [-0.4, -0.2) is 48.5 Å². The Morgan fingerprint density at radius 1 is 1.18 bits per heavy atom. The van der Waals surface area contributed by atoms with Crippen LogP contribution in [0.15, 0.2) is 0 Å². The average molecular weight is 241 g/mol. The van der Waals surface area contributed by atoms with Gasteiger partial charge in [-0.3, -0.25) is 0 Å². The highest BCUT2D eigenvalue weighted by Crippen LogP contribution is 2.27. The van der Waals surface area contributed by atoms with E-state index >= 15 is 0 Å². The predicted octanol–water partition coefficient (Wildman–Crippen LogP) is 2.04. The number of likely N-dealkylation sites (tertiary alicyclic amines) is 1. The molecule has 1 aliphatic heterocycles. The molecule has 0 unspecified atom stereocenters. The van der Waals surface area contributed by atoms with E-state index in [-0.39, 0.29) is 6.10 Å². The summed E-state index contributed by atoms with van der Waals surface area (Å²) in [5.41, 5.74) is 0. The van der Waals surface area contributed by atoms with E-state index in [2.05, 4.69) is 11.8 Å². The zero-order valence-corrected chi connectivity index (χ0v) is 11.1. The molecular formula is C14H27NO2. The van der Waals surface area contributed by atoms with Gasteiger partial charge in [0.15, 0.2) is 0 Å². The van der Waals surface area contributed by atoms with Gasteiger partial charge in [0.1, 0.15) is 0 Å². The molecule has 1 saturated heterocycles. The van der Waals surface area contributed by atoms with Gasteiger partial charge in [-0.1, -0.05) is 19.8 Å². The quantitative estimate of drug-likeness (QED) is 0.799. The molecule has 1 aliphatic carbocycles. The van der Waals surface area contributed by atoms with Crippen LogP contribution in [-0.2, 0) is 4.74 Å². The lowest BCUT2D eigenvalue weighted by atomic mass is 10.1. The molecule has 17 heavy (non-hydrogen) atoms. The van der Waals surface area contributed by atoms with E-state index in [1.54, 1.807) is 0 Å². The Morgan fingerprint density at radius 2 is 1.94 bits per heavy atom. The fourth-order valence-corrected chi connectivity index (χ4v) is 3.09. The van der Waals surface area contributed by atoms with E-state index < -0.39 is 0 Å². The number of β-amino-alcohol motifs (C(OH)–C–C–N with tert-alkyl or cyclic N) is 1. The summed E-state index contributed by atoms with van der Waals surface area (Å²) in [5, 5.41) is 9.98. The molecular weight excluding hydrogens is 214 g/mol. The monoisotopic (exact) mass is 241 g/mol. The predicted molar refractivity (Wildman–Crippen MR) is 69.1 cm³/mol. The van der Waals surface area contributed by atoms with Crippen molar-refractivity contribution in [1.82, 2.24) is 4.90 Å². The van der Waals surface area contributed by atoms with Crippen LogP contribution in [0.2, 0.25) is 0 Å². The number of rotatable bonds is 5. The fraction of sp³-hybridized carbons (Fsp3) is 1.00. The number of nitrogens with zero attached hydrogens (tertiary/aromatic N) is 1. The first-order chi connectivity index (χ1) is 8.25. The molecule has 0 aromatic rings. The Hall–Kier alpha value is -0.120. The Morgan fingerprint density at radius 3 is 2.59 bits per heavy atom. The third kappa shape index (κ3) is 4.23. The number of aliphatic hydroxyl groups excluding tert-OH is 1. The molecule has 3 atom stereocenters. The maximum Gasteiger partial charge on any atom is 0.0900 e. The van der Waals surface area contributed by atoms with Crippen LogP contribution in [0.1, 0.15) is 45.4 Å². The molecule has 0 aromatic heterocycles. The fourth-order valence-electron chi connectivity index (χ4n) is 3.09. The second-order valence-corrected chi connectivity index (χ2v) is 5.80. The van der Waals surface area contributed by atoms with Crippen molar-refractivity contribution in [3.05, 3.63) is 0 Å². The molecule has 0 spiro atoms. The van der Waals surface area contributed by atoms with Crippen molar-refractivity contribution in [2.75, 3.05) is 26.2 Å².